The van der Waals surface area contributed by atoms with Gasteiger partial charge in [0.15, 0.2) is 0 Å². The number of piperidine rings is 1. The Labute approximate surface area is 75.9 Å². The highest BCUT2D eigenvalue weighted by atomic mass is 14.9. The van der Waals surface area contributed by atoms with Crippen LogP contribution in [-0.4, -0.2) is 13.1 Å². The van der Waals surface area contributed by atoms with Crippen LogP contribution in [0.5, 0.6) is 0 Å². The van der Waals surface area contributed by atoms with Crippen molar-refractivity contribution >= 4 is 0 Å². The van der Waals surface area contributed by atoms with Gasteiger partial charge in [0.2, 0.25) is 0 Å². The van der Waals surface area contributed by atoms with Crippen LogP contribution in [0.2, 0.25) is 0 Å². The van der Waals surface area contributed by atoms with Crippen LogP contribution in [0.15, 0.2) is 0 Å². The van der Waals surface area contributed by atoms with Gasteiger partial charge in [-0.3, -0.25) is 0 Å². The number of rotatable bonds is 0. The Morgan fingerprint density at radius 3 is 2.25 bits per heavy atom. The lowest BCUT2D eigenvalue weighted by molar-refractivity contribution is 0.104. The molecule has 1 saturated heterocycles. The van der Waals surface area contributed by atoms with Crippen molar-refractivity contribution in [2.24, 2.45) is 16.7 Å². The molecular formula is C11H21N. The fraction of sp³-hybridized carbons (Fsp3) is 1.00. The monoisotopic (exact) mass is 167 g/mol. The summed E-state index contributed by atoms with van der Waals surface area (Å²) in [5.41, 5.74) is 1.27. The van der Waals surface area contributed by atoms with E-state index < -0.39 is 0 Å². The lowest BCUT2D eigenvalue weighted by Gasteiger charge is -2.41. The van der Waals surface area contributed by atoms with Crippen LogP contribution in [0.4, 0.5) is 0 Å². The molecule has 0 aromatic rings. The van der Waals surface area contributed by atoms with Gasteiger partial charge in [-0.2, -0.15) is 0 Å². The van der Waals surface area contributed by atoms with Gasteiger partial charge in [0, 0.05) is 0 Å². The zero-order valence-electron chi connectivity index (χ0n) is 8.61. The van der Waals surface area contributed by atoms with E-state index in [1.54, 1.807) is 0 Å². The minimum Gasteiger partial charge on any atom is -0.316 e. The van der Waals surface area contributed by atoms with Crippen molar-refractivity contribution in [3.8, 4) is 0 Å². The van der Waals surface area contributed by atoms with Crippen LogP contribution in [0.1, 0.15) is 40.0 Å². The first-order valence-corrected chi connectivity index (χ1v) is 5.25. The molecule has 0 aromatic carbocycles. The summed E-state index contributed by atoms with van der Waals surface area (Å²) < 4.78 is 0. The molecule has 1 heteroatoms. The van der Waals surface area contributed by atoms with Gasteiger partial charge in [0.1, 0.15) is 0 Å². The van der Waals surface area contributed by atoms with E-state index in [2.05, 4.69) is 26.1 Å². The molecule has 1 atom stereocenters. The van der Waals surface area contributed by atoms with Gasteiger partial charge in [0.05, 0.1) is 0 Å². The molecular weight excluding hydrogens is 146 g/mol. The van der Waals surface area contributed by atoms with Gasteiger partial charge in [0.25, 0.3) is 0 Å². The predicted octanol–water partition coefficient (Wildman–Crippen LogP) is 2.42. The van der Waals surface area contributed by atoms with Gasteiger partial charge < -0.3 is 5.32 Å². The molecule has 1 spiro atoms. The first-order valence-electron chi connectivity index (χ1n) is 5.25. The van der Waals surface area contributed by atoms with Crippen LogP contribution in [0, 0.1) is 16.7 Å². The average Bonchev–Trinajstić information content (AvgIpc) is 2.68. The van der Waals surface area contributed by atoms with Gasteiger partial charge in [-0.1, -0.05) is 20.8 Å². The molecule has 70 valence electrons. The molecule has 2 rings (SSSR count). The molecule has 1 nitrogen and oxygen atoms in total. The lowest BCUT2D eigenvalue weighted by Crippen LogP contribution is -2.44. The molecule has 1 heterocycles. The summed E-state index contributed by atoms with van der Waals surface area (Å²) in [5, 5.41) is 3.54. The normalized spacial score (nSPS) is 33.8. The van der Waals surface area contributed by atoms with Crippen LogP contribution in [-0.2, 0) is 0 Å². The molecule has 1 aliphatic heterocycles. The number of nitrogens with one attached hydrogen (secondary N) is 1. The van der Waals surface area contributed by atoms with Crippen molar-refractivity contribution in [1.82, 2.24) is 5.32 Å². The van der Waals surface area contributed by atoms with Gasteiger partial charge in [-0.05, 0) is 49.1 Å². The van der Waals surface area contributed by atoms with Crippen LogP contribution < -0.4 is 5.32 Å². The molecule has 0 aromatic heterocycles. The highest BCUT2D eigenvalue weighted by Gasteiger charge is 2.53. The molecule has 1 N–H and O–H groups in total. The first-order chi connectivity index (χ1) is 5.55. The smallest absolute Gasteiger partial charge is 0.00102 e. The van der Waals surface area contributed by atoms with E-state index in [4.69, 9.17) is 0 Å². The second kappa shape index (κ2) is 2.47. The first kappa shape index (κ1) is 8.55. The maximum atomic E-state index is 3.54. The molecule has 1 unspecified atom stereocenters. The van der Waals surface area contributed by atoms with E-state index in [-0.39, 0.29) is 0 Å². The highest BCUT2D eigenvalue weighted by Crippen LogP contribution is 2.60. The van der Waals surface area contributed by atoms with Gasteiger partial charge in [-0.25, -0.2) is 0 Å². The summed E-state index contributed by atoms with van der Waals surface area (Å²) in [6.07, 6.45) is 4.42. The Kier molecular flexibility index (Phi) is 1.76. The van der Waals surface area contributed by atoms with E-state index >= 15 is 0 Å². The summed E-state index contributed by atoms with van der Waals surface area (Å²) in [7, 11) is 0. The molecule has 0 bridgehead atoms. The maximum absolute atomic E-state index is 3.54. The van der Waals surface area contributed by atoms with E-state index in [9.17, 15) is 0 Å². The van der Waals surface area contributed by atoms with Crippen molar-refractivity contribution in [2.45, 2.75) is 40.0 Å². The van der Waals surface area contributed by atoms with E-state index in [1.807, 2.05) is 0 Å². The lowest BCUT2D eigenvalue weighted by atomic mass is 9.68. The average molecular weight is 167 g/mol. The SMILES string of the molecule is CC(C)(C)C1CNCCC12CC2. The highest BCUT2D eigenvalue weighted by molar-refractivity contribution is 5.05. The summed E-state index contributed by atoms with van der Waals surface area (Å²) >= 11 is 0. The van der Waals surface area contributed by atoms with Crippen molar-refractivity contribution in [1.29, 1.82) is 0 Å². The molecule has 12 heavy (non-hydrogen) atoms. The summed E-state index contributed by atoms with van der Waals surface area (Å²) in [6.45, 7) is 9.69. The van der Waals surface area contributed by atoms with Gasteiger partial charge in [-0.15, -0.1) is 0 Å². The topological polar surface area (TPSA) is 12.0 Å². The largest absolute Gasteiger partial charge is 0.316 e. The van der Waals surface area contributed by atoms with Crippen molar-refractivity contribution < 1.29 is 0 Å². The predicted molar refractivity (Wildman–Crippen MR) is 52.1 cm³/mol. The van der Waals surface area contributed by atoms with E-state index in [0.717, 1.165) is 11.3 Å². The molecule has 0 amide bonds. The Bertz CT molecular complexity index is 174. The third-order valence-electron chi connectivity index (χ3n) is 3.82. The van der Waals surface area contributed by atoms with E-state index in [0.29, 0.717) is 5.41 Å². The minimum atomic E-state index is 0.504. The van der Waals surface area contributed by atoms with Crippen molar-refractivity contribution in [3.05, 3.63) is 0 Å². The van der Waals surface area contributed by atoms with E-state index in [1.165, 1.54) is 32.4 Å². The Hall–Kier alpha value is -0.0400. The Morgan fingerprint density at radius 1 is 1.17 bits per heavy atom. The summed E-state index contributed by atoms with van der Waals surface area (Å²) in [4.78, 5) is 0. The van der Waals surface area contributed by atoms with Gasteiger partial charge >= 0.3 is 0 Å². The zero-order chi connectivity index (χ0) is 8.82. The third kappa shape index (κ3) is 1.28. The Morgan fingerprint density at radius 2 is 1.83 bits per heavy atom. The quantitative estimate of drug-likeness (QED) is 0.584. The second-order valence-corrected chi connectivity index (χ2v) is 5.74. The molecule has 2 fully saturated rings. The van der Waals surface area contributed by atoms with Crippen molar-refractivity contribution in [3.63, 3.8) is 0 Å². The molecule has 1 saturated carbocycles. The molecule has 1 aliphatic carbocycles. The Balaban J connectivity index is 2.12. The standard InChI is InChI=1S/C11H21N/c1-10(2,3)9-8-12-7-6-11(9)4-5-11/h9,12H,4-8H2,1-3H3. The summed E-state index contributed by atoms with van der Waals surface area (Å²) in [5.74, 6) is 0.916. The molecule has 2 aliphatic rings. The minimum absolute atomic E-state index is 0.504. The zero-order valence-corrected chi connectivity index (χ0v) is 8.61. The fourth-order valence-electron chi connectivity index (χ4n) is 2.96. The number of hydrogen-bond donors (Lipinski definition) is 1. The summed E-state index contributed by atoms with van der Waals surface area (Å²) in [6, 6.07) is 0. The fourth-order valence-corrected chi connectivity index (χ4v) is 2.96. The van der Waals surface area contributed by atoms with Crippen molar-refractivity contribution in [2.75, 3.05) is 13.1 Å². The van der Waals surface area contributed by atoms with Crippen LogP contribution in [0.25, 0.3) is 0 Å². The van der Waals surface area contributed by atoms with Crippen LogP contribution >= 0.6 is 0 Å². The van der Waals surface area contributed by atoms with Crippen LogP contribution in [0.3, 0.4) is 0 Å². The number of hydrogen-bond acceptors (Lipinski definition) is 1. The molecule has 0 radical (unpaired) electrons. The second-order valence-electron chi connectivity index (χ2n) is 5.74. The third-order valence-corrected chi connectivity index (χ3v) is 3.82. The maximum Gasteiger partial charge on any atom is -0.00102 e.